The van der Waals surface area contributed by atoms with Gasteiger partial charge in [0.05, 0.1) is 11.4 Å². The molecular weight excluding hydrogens is 272 g/mol. The van der Waals surface area contributed by atoms with Crippen LogP contribution in [-0.4, -0.2) is 18.0 Å². The van der Waals surface area contributed by atoms with Crippen molar-refractivity contribution in [1.82, 2.24) is 9.97 Å². The topological polar surface area (TPSA) is 25.8 Å². The number of pyridine rings is 2. The molecule has 0 aliphatic rings. The van der Waals surface area contributed by atoms with Crippen LogP contribution in [0, 0.1) is 0 Å². The molecule has 0 atom stereocenters. The fourth-order valence-electron chi connectivity index (χ4n) is 2.45. The van der Waals surface area contributed by atoms with Gasteiger partial charge in [-0.15, -0.1) is 0 Å². The zero-order valence-electron chi connectivity index (χ0n) is 12.3. The molecule has 2 nitrogen and oxygen atoms in total. The third-order valence-corrected chi connectivity index (χ3v) is 7.42. The van der Waals surface area contributed by atoms with Crippen molar-refractivity contribution >= 4 is 18.4 Å². The van der Waals surface area contributed by atoms with E-state index in [1.54, 1.807) is 6.20 Å². The first kappa shape index (κ1) is 13.7. The Morgan fingerprint density at radius 2 is 1.38 bits per heavy atom. The second-order valence-corrected chi connectivity index (χ2v) is 10.0. The van der Waals surface area contributed by atoms with E-state index in [1.165, 1.54) is 10.4 Å². The SMILES string of the molecule is C[Si](C)(c1ccccc1)c1ccc(-c2ccccn2)nc1. The van der Waals surface area contributed by atoms with Crippen molar-refractivity contribution in [1.29, 1.82) is 0 Å². The van der Waals surface area contributed by atoms with Crippen molar-refractivity contribution < 1.29 is 0 Å². The van der Waals surface area contributed by atoms with Crippen molar-refractivity contribution in [2.24, 2.45) is 0 Å². The molecule has 0 saturated carbocycles. The molecule has 3 rings (SSSR count). The highest BCUT2D eigenvalue weighted by molar-refractivity contribution is 7.00. The Hall–Kier alpha value is -2.26. The summed E-state index contributed by atoms with van der Waals surface area (Å²) < 4.78 is 0. The van der Waals surface area contributed by atoms with Crippen LogP contribution in [0.15, 0.2) is 73.1 Å². The van der Waals surface area contributed by atoms with E-state index in [0.29, 0.717) is 0 Å². The second kappa shape index (κ2) is 5.62. The van der Waals surface area contributed by atoms with Crippen LogP contribution in [-0.2, 0) is 0 Å². The van der Waals surface area contributed by atoms with E-state index >= 15 is 0 Å². The average molecular weight is 290 g/mol. The van der Waals surface area contributed by atoms with Gasteiger partial charge in [-0.3, -0.25) is 9.97 Å². The van der Waals surface area contributed by atoms with Crippen LogP contribution in [0.2, 0.25) is 13.1 Å². The maximum atomic E-state index is 4.61. The zero-order valence-corrected chi connectivity index (χ0v) is 13.3. The van der Waals surface area contributed by atoms with Gasteiger partial charge in [0.1, 0.15) is 8.07 Å². The highest BCUT2D eigenvalue weighted by atomic mass is 28.3. The lowest BCUT2D eigenvalue weighted by atomic mass is 10.2. The molecule has 0 aliphatic carbocycles. The lowest BCUT2D eigenvalue weighted by molar-refractivity contribution is 1.25. The molecule has 0 bridgehead atoms. The van der Waals surface area contributed by atoms with Gasteiger partial charge in [0, 0.05) is 12.4 Å². The average Bonchev–Trinajstić information content (AvgIpc) is 2.57. The molecule has 0 N–H and O–H groups in total. The van der Waals surface area contributed by atoms with Crippen LogP contribution < -0.4 is 10.4 Å². The van der Waals surface area contributed by atoms with Gasteiger partial charge < -0.3 is 0 Å². The number of nitrogens with zero attached hydrogens (tertiary/aromatic N) is 2. The highest BCUT2D eigenvalue weighted by Crippen LogP contribution is 2.12. The zero-order chi connectivity index (χ0) is 14.7. The molecule has 0 amide bonds. The number of benzene rings is 1. The van der Waals surface area contributed by atoms with Crippen molar-refractivity contribution in [3.63, 3.8) is 0 Å². The molecule has 3 aromatic rings. The molecule has 0 aliphatic heterocycles. The Morgan fingerprint density at radius 3 is 2.00 bits per heavy atom. The Balaban J connectivity index is 1.94. The van der Waals surface area contributed by atoms with Crippen molar-refractivity contribution in [3.05, 3.63) is 73.1 Å². The summed E-state index contributed by atoms with van der Waals surface area (Å²) in [6.07, 6.45) is 3.82. The van der Waals surface area contributed by atoms with Crippen molar-refractivity contribution in [2.45, 2.75) is 13.1 Å². The standard InChI is InChI=1S/C18H18N2Si/c1-21(2,15-8-4-3-5-9-15)16-11-12-18(20-14-16)17-10-6-7-13-19-17/h3-14H,1-2H3. The Labute approximate surface area is 126 Å². The first-order valence-corrected chi connectivity index (χ1v) is 10.1. The fraction of sp³-hybridized carbons (Fsp3) is 0.111. The van der Waals surface area contributed by atoms with Crippen LogP contribution in [0.1, 0.15) is 0 Å². The normalized spacial score (nSPS) is 11.3. The molecule has 2 aromatic heterocycles. The van der Waals surface area contributed by atoms with Gasteiger partial charge in [0.2, 0.25) is 0 Å². The third-order valence-electron chi connectivity index (χ3n) is 3.91. The van der Waals surface area contributed by atoms with Crippen LogP contribution >= 0.6 is 0 Å². The Bertz CT molecular complexity index is 707. The molecule has 0 saturated heterocycles. The number of hydrogen-bond donors (Lipinski definition) is 0. The van der Waals surface area contributed by atoms with E-state index in [0.717, 1.165) is 11.4 Å². The maximum Gasteiger partial charge on any atom is 0.114 e. The minimum Gasteiger partial charge on any atom is -0.255 e. The number of rotatable bonds is 3. The van der Waals surface area contributed by atoms with Crippen LogP contribution in [0.25, 0.3) is 11.4 Å². The lowest BCUT2D eigenvalue weighted by Gasteiger charge is -2.23. The first-order chi connectivity index (χ1) is 10.2. The largest absolute Gasteiger partial charge is 0.255 e. The third kappa shape index (κ3) is 2.78. The van der Waals surface area contributed by atoms with E-state index in [9.17, 15) is 0 Å². The van der Waals surface area contributed by atoms with E-state index in [1.807, 2.05) is 24.4 Å². The van der Waals surface area contributed by atoms with Gasteiger partial charge in [-0.1, -0.05) is 60.7 Å². The minimum atomic E-state index is -1.66. The van der Waals surface area contributed by atoms with Crippen LogP contribution in [0.5, 0.6) is 0 Å². The molecule has 3 heteroatoms. The summed E-state index contributed by atoms with van der Waals surface area (Å²) in [4.78, 5) is 8.96. The molecule has 0 fully saturated rings. The van der Waals surface area contributed by atoms with Crippen molar-refractivity contribution in [3.8, 4) is 11.4 Å². The van der Waals surface area contributed by atoms with Gasteiger partial charge in [-0.05, 0) is 23.4 Å². The molecule has 0 radical (unpaired) electrons. The van der Waals surface area contributed by atoms with E-state index in [4.69, 9.17) is 0 Å². The number of hydrogen-bond acceptors (Lipinski definition) is 2. The Morgan fingerprint density at radius 1 is 0.667 bits per heavy atom. The summed E-state index contributed by atoms with van der Waals surface area (Å²) in [6.45, 7) is 4.72. The van der Waals surface area contributed by atoms with E-state index in [-0.39, 0.29) is 0 Å². The van der Waals surface area contributed by atoms with Gasteiger partial charge in [0.25, 0.3) is 0 Å². The summed E-state index contributed by atoms with van der Waals surface area (Å²) in [6, 6.07) is 20.9. The number of aromatic nitrogens is 2. The fourth-order valence-corrected chi connectivity index (χ4v) is 4.70. The lowest BCUT2D eigenvalue weighted by Crippen LogP contribution is -2.52. The molecule has 21 heavy (non-hydrogen) atoms. The predicted molar refractivity (Wildman–Crippen MR) is 90.7 cm³/mol. The summed E-state index contributed by atoms with van der Waals surface area (Å²) in [5.41, 5.74) is 1.85. The Kier molecular flexibility index (Phi) is 3.67. The van der Waals surface area contributed by atoms with Crippen molar-refractivity contribution in [2.75, 3.05) is 0 Å². The highest BCUT2D eigenvalue weighted by Gasteiger charge is 2.25. The first-order valence-electron chi connectivity index (χ1n) is 7.11. The van der Waals surface area contributed by atoms with Crippen LogP contribution in [0.4, 0.5) is 0 Å². The smallest absolute Gasteiger partial charge is 0.114 e. The van der Waals surface area contributed by atoms with Gasteiger partial charge in [-0.25, -0.2) is 0 Å². The molecular formula is C18H18N2Si. The predicted octanol–water partition coefficient (Wildman–Crippen LogP) is 2.97. The van der Waals surface area contributed by atoms with E-state index < -0.39 is 8.07 Å². The van der Waals surface area contributed by atoms with E-state index in [2.05, 4.69) is 65.5 Å². The van der Waals surface area contributed by atoms with Gasteiger partial charge in [-0.2, -0.15) is 0 Å². The molecule has 0 unspecified atom stereocenters. The monoisotopic (exact) mass is 290 g/mol. The summed E-state index contributed by atoms with van der Waals surface area (Å²) >= 11 is 0. The molecule has 104 valence electrons. The van der Waals surface area contributed by atoms with Gasteiger partial charge >= 0.3 is 0 Å². The molecule has 1 aromatic carbocycles. The van der Waals surface area contributed by atoms with Crippen LogP contribution in [0.3, 0.4) is 0 Å². The van der Waals surface area contributed by atoms with Gasteiger partial charge in [0.15, 0.2) is 0 Å². The summed E-state index contributed by atoms with van der Waals surface area (Å²) in [7, 11) is -1.66. The molecule has 0 spiro atoms. The molecule has 2 heterocycles. The second-order valence-electron chi connectivity index (χ2n) is 5.64. The minimum absolute atomic E-state index is 0.920. The summed E-state index contributed by atoms with van der Waals surface area (Å²) in [5.74, 6) is 0. The maximum absolute atomic E-state index is 4.61. The quantitative estimate of drug-likeness (QED) is 0.693. The summed E-state index contributed by atoms with van der Waals surface area (Å²) in [5, 5.41) is 2.77.